The largest absolute Gasteiger partial charge is 0.383 e. The maximum absolute atomic E-state index is 12.3. The van der Waals surface area contributed by atoms with Crippen LogP contribution < -0.4 is 10.6 Å². The van der Waals surface area contributed by atoms with Crippen molar-refractivity contribution in [3.8, 4) is 0 Å². The van der Waals surface area contributed by atoms with E-state index in [1.165, 1.54) is 0 Å². The summed E-state index contributed by atoms with van der Waals surface area (Å²) in [6.45, 7) is 6.79. The van der Waals surface area contributed by atoms with Crippen molar-refractivity contribution in [1.82, 2.24) is 0 Å². The first kappa shape index (κ1) is 18.1. The second kappa shape index (κ2) is 7.70. The van der Waals surface area contributed by atoms with Crippen LogP contribution in [0.1, 0.15) is 29.5 Å². The van der Waals surface area contributed by atoms with E-state index in [2.05, 4.69) is 22.5 Å². The maximum Gasteiger partial charge on any atom is 0.237 e. The van der Waals surface area contributed by atoms with Crippen LogP contribution in [0.15, 0.2) is 41.4 Å². The van der Waals surface area contributed by atoms with E-state index in [1.54, 1.807) is 13.3 Å². The number of nitrogens with one attached hydrogen (secondary N) is 2. The summed E-state index contributed by atoms with van der Waals surface area (Å²) in [4.78, 5) is 16.8. The number of hydrogen-bond donors (Lipinski definition) is 2. The zero-order valence-electron chi connectivity index (χ0n) is 15.7. The first-order valence-electron chi connectivity index (χ1n) is 8.80. The molecule has 136 valence electrons. The van der Waals surface area contributed by atoms with E-state index >= 15 is 0 Å². The van der Waals surface area contributed by atoms with Gasteiger partial charge in [0.25, 0.3) is 0 Å². The number of aryl methyl sites for hydroxylation is 2. The topological polar surface area (TPSA) is 62.7 Å². The SMILES string of the molecule is COCC(C)Nc1ccc(N=CC2C(=O)Nc3cccc(C)c32)cc1C. The highest BCUT2D eigenvalue weighted by atomic mass is 16.5. The molecule has 0 fully saturated rings. The van der Waals surface area contributed by atoms with Crippen LogP contribution in [0.2, 0.25) is 0 Å². The Hall–Kier alpha value is -2.66. The summed E-state index contributed by atoms with van der Waals surface area (Å²) < 4.78 is 5.16. The Morgan fingerprint density at radius 1 is 1.27 bits per heavy atom. The second-order valence-electron chi connectivity index (χ2n) is 6.78. The lowest BCUT2D eigenvalue weighted by molar-refractivity contribution is -0.115. The van der Waals surface area contributed by atoms with E-state index in [9.17, 15) is 4.79 Å². The molecule has 1 aliphatic rings. The normalized spacial score (nSPS) is 17.2. The van der Waals surface area contributed by atoms with Gasteiger partial charge in [0.15, 0.2) is 0 Å². The molecule has 26 heavy (non-hydrogen) atoms. The molecule has 0 bridgehead atoms. The molecule has 2 N–H and O–H groups in total. The van der Waals surface area contributed by atoms with Crippen molar-refractivity contribution in [3.63, 3.8) is 0 Å². The number of carbonyl (C=O) groups is 1. The van der Waals surface area contributed by atoms with Crippen LogP contribution in [-0.2, 0) is 9.53 Å². The second-order valence-corrected chi connectivity index (χ2v) is 6.78. The predicted octanol–water partition coefficient (Wildman–Crippen LogP) is 4.19. The van der Waals surface area contributed by atoms with Crippen LogP contribution in [0.3, 0.4) is 0 Å². The number of ether oxygens (including phenoxy) is 1. The van der Waals surface area contributed by atoms with E-state index in [0.29, 0.717) is 6.61 Å². The van der Waals surface area contributed by atoms with Crippen molar-refractivity contribution in [2.24, 2.45) is 4.99 Å². The summed E-state index contributed by atoms with van der Waals surface area (Å²) in [6, 6.07) is 12.1. The van der Waals surface area contributed by atoms with Crippen LogP contribution in [-0.4, -0.2) is 31.9 Å². The van der Waals surface area contributed by atoms with Gasteiger partial charge in [-0.2, -0.15) is 0 Å². The Morgan fingerprint density at radius 3 is 2.81 bits per heavy atom. The molecule has 0 saturated carbocycles. The molecule has 1 aliphatic heterocycles. The van der Waals surface area contributed by atoms with Crippen molar-refractivity contribution in [2.45, 2.75) is 32.7 Å². The average molecular weight is 351 g/mol. The lowest BCUT2D eigenvalue weighted by Crippen LogP contribution is -2.21. The number of rotatable bonds is 6. The van der Waals surface area contributed by atoms with Crippen LogP contribution in [0.4, 0.5) is 17.1 Å². The van der Waals surface area contributed by atoms with Crippen molar-refractivity contribution < 1.29 is 9.53 Å². The summed E-state index contributed by atoms with van der Waals surface area (Å²) in [5, 5.41) is 6.35. The number of anilines is 2. The molecule has 0 saturated heterocycles. The van der Waals surface area contributed by atoms with Gasteiger partial charge in [-0.1, -0.05) is 12.1 Å². The fourth-order valence-corrected chi connectivity index (χ4v) is 3.29. The molecule has 0 aromatic heterocycles. The molecular weight excluding hydrogens is 326 g/mol. The molecule has 2 atom stereocenters. The monoisotopic (exact) mass is 351 g/mol. The van der Waals surface area contributed by atoms with Crippen LogP contribution in [0.5, 0.6) is 0 Å². The van der Waals surface area contributed by atoms with E-state index in [4.69, 9.17) is 4.74 Å². The lowest BCUT2D eigenvalue weighted by atomic mass is 9.97. The number of amides is 1. The molecule has 2 aromatic carbocycles. The molecule has 0 radical (unpaired) electrons. The predicted molar refractivity (Wildman–Crippen MR) is 107 cm³/mol. The number of benzene rings is 2. The number of hydrogen-bond acceptors (Lipinski definition) is 4. The Kier molecular flexibility index (Phi) is 5.38. The molecule has 2 unspecified atom stereocenters. The van der Waals surface area contributed by atoms with E-state index < -0.39 is 0 Å². The molecule has 3 rings (SSSR count). The zero-order valence-corrected chi connectivity index (χ0v) is 15.7. The lowest BCUT2D eigenvalue weighted by Gasteiger charge is -2.16. The Morgan fingerprint density at radius 2 is 2.08 bits per heavy atom. The minimum atomic E-state index is -0.342. The molecule has 1 heterocycles. The number of aliphatic imine (C=N–C) groups is 1. The first-order chi connectivity index (χ1) is 12.5. The van der Waals surface area contributed by atoms with Gasteiger partial charge in [-0.3, -0.25) is 9.79 Å². The van der Waals surface area contributed by atoms with Gasteiger partial charge in [-0.05, 0) is 61.7 Å². The molecule has 0 aliphatic carbocycles. The van der Waals surface area contributed by atoms with Gasteiger partial charge in [-0.15, -0.1) is 0 Å². The summed E-state index contributed by atoms with van der Waals surface area (Å²) >= 11 is 0. The highest BCUT2D eigenvalue weighted by Crippen LogP contribution is 2.34. The van der Waals surface area contributed by atoms with Gasteiger partial charge in [0, 0.05) is 30.7 Å². The van der Waals surface area contributed by atoms with Gasteiger partial charge >= 0.3 is 0 Å². The van der Waals surface area contributed by atoms with Gasteiger partial charge < -0.3 is 15.4 Å². The third-order valence-electron chi connectivity index (χ3n) is 4.58. The number of nitrogens with zero attached hydrogens (tertiary/aromatic N) is 1. The summed E-state index contributed by atoms with van der Waals surface area (Å²) in [5.41, 5.74) is 6.00. The summed E-state index contributed by atoms with van der Waals surface area (Å²) in [7, 11) is 1.70. The van der Waals surface area contributed by atoms with E-state index in [1.807, 2.05) is 50.2 Å². The molecule has 1 amide bonds. The smallest absolute Gasteiger partial charge is 0.237 e. The Bertz CT molecular complexity index is 845. The number of fused-ring (bicyclic) bond motifs is 1. The highest BCUT2D eigenvalue weighted by molar-refractivity contribution is 6.13. The van der Waals surface area contributed by atoms with Gasteiger partial charge in [0.2, 0.25) is 5.91 Å². The minimum Gasteiger partial charge on any atom is -0.383 e. The van der Waals surface area contributed by atoms with Crippen molar-refractivity contribution in [1.29, 1.82) is 0 Å². The quantitative estimate of drug-likeness (QED) is 0.767. The first-order valence-corrected chi connectivity index (χ1v) is 8.80. The fourth-order valence-electron chi connectivity index (χ4n) is 3.29. The number of methoxy groups -OCH3 is 1. The van der Waals surface area contributed by atoms with Crippen LogP contribution in [0, 0.1) is 13.8 Å². The van der Waals surface area contributed by atoms with Gasteiger partial charge in [-0.25, -0.2) is 0 Å². The van der Waals surface area contributed by atoms with Crippen LogP contribution >= 0.6 is 0 Å². The highest BCUT2D eigenvalue weighted by Gasteiger charge is 2.30. The zero-order chi connectivity index (χ0) is 18.7. The van der Waals surface area contributed by atoms with Crippen molar-refractivity contribution >= 4 is 29.2 Å². The minimum absolute atomic E-state index is 0.0264. The van der Waals surface area contributed by atoms with E-state index in [-0.39, 0.29) is 17.9 Å². The van der Waals surface area contributed by atoms with Gasteiger partial charge in [0.05, 0.1) is 12.3 Å². The average Bonchev–Trinajstić information content (AvgIpc) is 2.92. The van der Waals surface area contributed by atoms with E-state index in [0.717, 1.165) is 33.8 Å². The number of carbonyl (C=O) groups excluding carboxylic acids is 1. The Balaban J connectivity index is 1.78. The molecule has 0 spiro atoms. The Labute approximate surface area is 154 Å². The third-order valence-corrected chi connectivity index (χ3v) is 4.58. The standard InChI is InChI=1S/C21H25N3O2/c1-13-6-5-7-19-20(13)17(21(25)24-19)11-22-16-8-9-18(14(2)10-16)23-15(3)12-26-4/h5-11,15,17,23H,12H2,1-4H3,(H,24,25). The van der Waals surface area contributed by atoms with Crippen molar-refractivity contribution in [2.75, 3.05) is 24.4 Å². The maximum atomic E-state index is 12.3. The molecule has 5 nitrogen and oxygen atoms in total. The van der Waals surface area contributed by atoms with Crippen molar-refractivity contribution in [3.05, 3.63) is 53.1 Å². The molecular formula is C21H25N3O2. The molecule has 2 aromatic rings. The molecule has 5 heteroatoms. The fraction of sp³-hybridized carbons (Fsp3) is 0.333. The van der Waals surface area contributed by atoms with Crippen LogP contribution in [0.25, 0.3) is 0 Å². The van der Waals surface area contributed by atoms with Gasteiger partial charge in [0.1, 0.15) is 5.92 Å². The summed E-state index contributed by atoms with van der Waals surface area (Å²) in [6.07, 6.45) is 1.74. The third kappa shape index (κ3) is 3.78. The summed E-state index contributed by atoms with van der Waals surface area (Å²) in [5.74, 6) is -0.368.